The molecule has 0 unspecified atom stereocenters. The molecule has 0 nitrogen and oxygen atoms in total. The molecule has 0 heterocycles. The molecule has 40 heavy (non-hydrogen) atoms. The van der Waals surface area contributed by atoms with Crippen molar-refractivity contribution < 1.29 is 0 Å². The second-order valence-corrected chi connectivity index (χ2v) is 12.7. The Balaban J connectivity index is 1.16. The molecule has 196 valence electrons. The van der Waals surface area contributed by atoms with Crippen molar-refractivity contribution in [1.29, 1.82) is 0 Å². The first kappa shape index (κ1) is 23.1. The van der Waals surface area contributed by atoms with Crippen LogP contribution >= 0.6 is 0 Å². The maximum Gasteiger partial charge on any atom is -0.00671 e. The van der Waals surface area contributed by atoms with E-state index in [0.717, 1.165) is 0 Å². The number of hydrogen-bond donors (Lipinski definition) is 0. The summed E-state index contributed by atoms with van der Waals surface area (Å²) >= 11 is 0. The van der Waals surface area contributed by atoms with E-state index < -0.39 is 0 Å². The van der Waals surface area contributed by atoms with Crippen LogP contribution in [0.3, 0.4) is 0 Å². The van der Waals surface area contributed by atoms with Gasteiger partial charge in [0.05, 0.1) is 0 Å². The van der Waals surface area contributed by atoms with Gasteiger partial charge >= 0.3 is 0 Å². The molecule has 9 rings (SSSR count). The summed E-state index contributed by atoms with van der Waals surface area (Å²) in [5.41, 5.74) is 16.2. The summed E-state index contributed by atoms with van der Waals surface area (Å²) in [7, 11) is 0. The largest absolute Gasteiger partial charge is 0.0839 e. The minimum absolute atomic E-state index is 1.17. The lowest BCUT2D eigenvalue weighted by Gasteiger charge is -2.29. The Morgan fingerprint density at radius 3 is 2.00 bits per heavy atom. The first-order valence-electron chi connectivity index (χ1n) is 15.7. The van der Waals surface area contributed by atoms with Gasteiger partial charge in [0.15, 0.2) is 0 Å². The highest BCUT2D eigenvalue weighted by Crippen LogP contribution is 2.43. The average molecular weight is 517 g/mol. The van der Waals surface area contributed by atoms with Crippen molar-refractivity contribution in [1.82, 2.24) is 0 Å². The van der Waals surface area contributed by atoms with Gasteiger partial charge in [-0.3, -0.25) is 0 Å². The topological polar surface area (TPSA) is 0 Å². The smallest absolute Gasteiger partial charge is 0.00671 e. The van der Waals surface area contributed by atoms with E-state index in [2.05, 4.69) is 72.9 Å². The second kappa shape index (κ2) is 8.93. The average Bonchev–Trinajstić information content (AvgIpc) is 3.02. The van der Waals surface area contributed by atoms with Gasteiger partial charge in [0.2, 0.25) is 0 Å². The fourth-order valence-electron chi connectivity index (χ4n) is 8.79. The molecule has 0 fully saturated rings. The molecule has 0 heteroatoms. The standard InChI is InChI=1S/C40H36/c1-2-7-27-22-28(15-14-25(27)6-1)29-16-17-31-24-32(19-18-30(31)23-29)33-20-21-38-36-11-4-9-26-8-3-10-35(39(26)36)37-13-5-12-34(33)40(37)38/h1,3,5-6,8-10,12-13,22-24H,2,4,7,11,14-21H2. The summed E-state index contributed by atoms with van der Waals surface area (Å²) in [6.45, 7) is 0. The first-order valence-corrected chi connectivity index (χ1v) is 15.7. The van der Waals surface area contributed by atoms with Crippen LogP contribution < -0.4 is 10.4 Å². The number of rotatable bonds is 2. The van der Waals surface area contributed by atoms with Crippen LogP contribution in [0.25, 0.3) is 33.2 Å². The Bertz CT molecular complexity index is 1970. The number of allylic oxidation sites excluding steroid dienone is 12. The van der Waals surface area contributed by atoms with Gasteiger partial charge in [0.1, 0.15) is 0 Å². The lowest BCUT2D eigenvalue weighted by Crippen LogP contribution is -2.21. The molecule has 6 aliphatic rings. The van der Waals surface area contributed by atoms with Crippen LogP contribution in [0.4, 0.5) is 0 Å². The van der Waals surface area contributed by atoms with Gasteiger partial charge in [0.25, 0.3) is 0 Å². The summed E-state index contributed by atoms with van der Waals surface area (Å²) in [5, 5.41) is 9.00. The zero-order chi connectivity index (χ0) is 26.2. The predicted molar refractivity (Wildman–Crippen MR) is 170 cm³/mol. The van der Waals surface area contributed by atoms with Crippen molar-refractivity contribution in [3.05, 3.63) is 127 Å². The van der Waals surface area contributed by atoms with Gasteiger partial charge in [-0.2, -0.15) is 0 Å². The van der Waals surface area contributed by atoms with E-state index in [-0.39, 0.29) is 0 Å². The molecule has 0 spiro atoms. The molecule has 3 aromatic carbocycles. The Hall–Kier alpha value is -3.64. The van der Waals surface area contributed by atoms with Gasteiger partial charge in [-0.05, 0) is 165 Å². The summed E-state index contributed by atoms with van der Waals surface area (Å²) in [5.74, 6) is 0. The molecular formula is C40H36. The van der Waals surface area contributed by atoms with E-state index in [1.807, 2.05) is 0 Å². The Kier molecular flexibility index (Phi) is 5.16. The third-order valence-electron chi connectivity index (χ3n) is 10.7. The van der Waals surface area contributed by atoms with Crippen LogP contribution in [-0.4, -0.2) is 0 Å². The molecular weight excluding hydrogens is 480 g/mol. The van der Waals surface area contributed by atoms with Crippen LogP contribution in [0.1, 0.15) is 75.3 Å². The summed E-state index contributed by atoms with van der Waals surface area (Å²) < 4.78 is 0. The molecule has 0 aromatic heterocycles. The molecule has 0 aliphatic heterocycles. The van der Waals surface area contributed by atoms with Crippen LogP contribution in [-0.2, 0) is 12.8 Å². The van der Waals surface area contributed by atoms with Crippen molar-refractivity contribution in [3.8, 4) is 0 Å². The highest BCUT2D eigenvalue weighted by atomic mass is 14.3. The van der Waals surface area contributed by atoms with Crippen LogP contribution in [0.5, 0.6) is 0 Å². The number of aryl methyl sites for hydroxylation is 2. The van der Waals surface area contributed by atoms with E-state index in [0.29, 0.717) is 0 Å². The zero-order valence-corrected chi connectivity index (χ0v) is 23.4. The van der Waals surface area contributed by atoms with Gasteiger partial charge in [0, 0.05) is 0 Å². The molecule has 0 N–H and O–H groups in total. The van der Waals surface area contributed by atoms with Gasteiger partial charge in [-0.25, -0.2) is 0 Å². The van der Waals surface area contributed by atoms with Crippen LogP contribution in [0, 0.1) is 0 Å². The first-order chi connectivity index (χ1) is 19.8. The molecule has 0 amide bonds. The van der Waals surface area contributed by atoms with Gasteiger partial charge in [-0.15, -0.1) is 0 Å². The quantitative estimate of drug-likeness (QED) is 0.298. The number of fused-ring (bicyclic) bond motifs is 2. The molecule has 3 aromatic rings. The maximum atomic E-state index is 2.62. The maximum absolute atomic E-state index is 2.62. The fraction of sp³-hybridized carbons (Fsp3) is 0.300. The van der Waals surface area contributed by atoms with Crippen LogP contribution in [0.15, 0.2) is 106 Å². The lowest BCUT2D eigenvalue weighted by atomic mass is 9.75. The molecule has 6 aliphatic carbocycles. The number of benzene rings is 3. The summed E-state index contributed by atoms with van der Waals surface area (Å²) in [6, 6.07) is 14.1. The Morgan fingerprint density at radius 1 is 0.475 bits per heavy atom. The van der Waals surface area contributed by atoms with Gasteiger partial charge in [-0.1, -0.05) is 72.9 Å². The third-order valence-corrected chi connectivity index (χ3v) is 10.7. The predicted octanol–water partition coefficient (Wildman–Crippen LogP) is 8.92. The van der Waals surface area contributed by atoms with Crippen molar-refractivity contribution in [2.45, 2.75) is 77.0 Å². The highest BCUT2D eigenvalue weighted by molar-refractivity contribution is 6.12. The van der Waals surface area contributed by atoms with Crippen LogP contribution in [0.2, 0.25) is 0 Å². The van der Waals surface area contributed by atoms with E-state index in [1.54, 1.807) is 61.1 Å². The molecule has 0 bridgehead atoms. The van der Waals surface area contributed by atoms with E-state index >= 15 is 0 Å². The molecule has 0 saturated heterocycles. The molecule has 0 radical (unpaired) electrons. The zero-order valence-electron chi connectivity index (χ0n) is 23.4. The SMILES string of the molecule is C1=CC2=C(C=C(C3=CC4=C(C=C(C5=c6cccc7c6c(c6c8c(cccc87)=CCC6)CC5)CC4)CC3)CC2)CC1. The number of hydrogen-bond acceptors (Lipinski definition) is 0. The van der Waals surface area contributed by atoms with E-state index in [4.69, 9.17) is 0 Å². The molecule has 0 saturated carbocycles. The summed E-state index contributed by atoms with van der Waals surface area (Å²) in [6.07, 6.45) is 29.4. The third kappa shape index (κ3) is 3.44. The minimum atomic E-state index is 1.17. The fourth-order valence-corrected chi connectivity index (χ4v) is 8.79. The van der Waals surface area contributed by atoms with Crippen molar-refractivity contribution in [2.24, 2.45) is 0 Å². The molecule has 0 atom stereocenters. The Morgan fingerprint density at radius 2 is 1.15 bits per heavy atom. The van der Waals surface area contributed by atoms with E-state index in [9.17, 15) is 0 Å². The highest BCUT2D eigenvalue weighted by Gasteiger charge is 2.26. The van der Waals surface area contributed by atoms with Crippen molar-refractivity contribution in [2.75, 3.05) is 0 Å². The lowest BCUT2D eigenvalue weighted by molar-refractivity contribution is 0.803. The summed E-state index contributed by atoms with van der Waals surface area (Å²) in [4.78, 5) is 0. The Labute approximate surface area is 237 Å². The monoisotopic (exact) mass is 516 g/mol. The minimum Gasteiger partial charge on any atom is -0.0839 e. The normalized spacial score (nSPS) is 21.6. The second-order valence-electron chi connectivity index (χ2n) is 12.7. The van der Waals surface area contributed by atoms with Crippen molar-refractivity contribution >= 4 is 33.2 Å². The van der Waals surface area contributed by atoms with Crippen molar-refractivity contribution in [3.63, 3.8) is 0 Å². The van der Waals surface area contributed by atoms with E-state index in [1.165, 1.54) is 104 Å². The van der Waals surface area contributed by atoms with Gasteiger partial charge < -0.3 is 0 Å².